The Kier molecular flexibility index (Phi) is 9.12. The number of carbonyl (C=O) groups excluding carboxylic acids is 3. The van der Waals surface area contributed by atoms with Crippen LogP contribution in [-0.2, 0) is 22.6 Å². The second-order valence-electron chi connectivity index (χ2n) is 11.7. The molecule has 1 atom stereocenters. The predicted molar refractivity (Wildman–Crippen MR) is 162 cm³/mol. The number of rotatable bonds is 6. The molecule has 232 valence electrons. The van der Waals surface area contributed by atoms with Crippen LogP contribution in [0, 0.1) is 19.7 Å². The Morgan fingerprint density at radius 3 is 2.36 bits per heavy atom. The van der Waals surface area contributed by atoms with Crippen molar-refractivity contribution in [2.45, 2.75) is 58.6 Å². The molecule has 1 unspecified atom stereocenters. The fourth-order valence-electron chi connectivity index (χ4n) is 5.94. The molecule has 10 nitrogen and oxygen atoms in total. The first-order chi connectivity index (χ1) is 21.1. The molecule has 0 bridgehead atoms. The Balaban J connectivity index is 1.23. The number of nitrogens with one attached hydrogen (secondary N) is 1. The van der Waals surface area contributed by atoms with Gasteiger partial charge in [-0.2, -0.15) is 5.10 Å². The summed E-state index contributed by atoms with van der Waals surface area (Å²) in [5, 5.41) is 6.61. The van der Waals surface area contributed by atoms with Crippen LogP contribution in [0.3, 0.4) is 0 Å². The van der Waals surface area contributed by atoms with Crippen molar-refractivity contribution in [1.29, 1.82) is 0 Å². The minimum Gasteiger partial charge on any atom is -0.445 e. The molecule has 3 aromatic rings. The first-order valence-electron chi connectivity index (χ1n) is 15.0. The van der Waals surface area contributed by atoms with Gasteiger partial charge in [-0.1, -0.05) is 36.4 Å². The lowest BCUT2D eigenvalue weighted by Crippen LogP contribution is -2.64. The van der Waals surface area contributed by atoms with Crippen molar-refractivity contribution in [3.05, 3.63) is 98.2 Å². The number of benzene rings is 2. The zero-order chi connectivity index (χ0) is 31.4. The van der Waals surface area contributed by atoms with Crippen molar-refractivity contribution in [2.24, 2.45) is 0 Å². The smallest absolute Gasteiger partial charge is 0.410 e. The highest BCUT2D eigenvalue weighted by atomic mass is 19.1. The quantitative estimate of drug-likeness (QED) is 0.456. The molecule has 11 heteroatoms. The van der Waals surface area contributed by atoms with Crippen molar-refractivity contribution in [3.63, 3.8) is 0 Å². The Morgan fingerprint density at radius 2 is 1.64 bits per heavy atom. The van der Waals surface area contributed by atoms with Crippen molar-refractivity contribution in [3.8, 4) is 0 Å². The van der Waals surface area contributed by atoms with Gasteiger partial charge in [-0.05, 0) is 68.9 Å². The molecule has 2 aliphatic heterocycles. The molecule has 2 saturated heterocycles. The molecule has 44 heavy (non-hydrogen) atoms. The second-order valence-corrected chi connectivity index (χ2v) is 11.7. The molecule has 0 radical (unpaired) electrons. The second kappa shape index (κ2) is 13.0. The largest absolute Gasteiger partial charge is 0.445 e. The lowest BCUT2D eigenvalue weighted by molar-refractivity contribution is -0.146. The summed E-state index contributed by atoms with van der Waals surface area (Å²) in [6.45, 7) is 6.89. The number of halogens is 1. The molecule has 5 rings (SSSR count). The normalized spacial score (nSPS) is 18.7. The lowest BCUT2D eigenvalue weighted by Gasteiger charge is -2.46. The Hall–Kier alpha value is -4.54. The molecular weight excluding hydrogens is 565 g/mol. The third-order valence-corrected chi connectivity index (χ3v) is 8.89. The summed E-state index contributed by atoms with van der Waals surface area (Å²) in [5.41, 5.74) is 2.16. The maximum atomic E-state index is 14.9. The van der Waals surface area contributed by atoms with Gasteiger partial charge in [0.25, 0.3) is 11.5 Å². The van der Waals surface area contributed by atoms with Crippen LogP contribution in [0.4, 0.5) is 9.18 Å². The predicted octanol–water partition coefficient (Wildman–Crippen LogP) is 3.98. The molecule has 1 aromatic heterocycles. The van der Waals surface area contributed by atoms with Gasteiger partial charge in [-0.3, -0.25) is 19.3 Å². The average molecular weight is 604 g/mol. The minimum atomic E-state index is -1.05. The molecule has 0 aliphatic carbocycles. The summed E-state index contributed by atoms with van der Waals surface area (Å²) in [6, 6.07) is 13.8. The maximum absolute atomic E-state index is 14.9. The van der Waals surface area contributed by atoms with Crippen molar-refractivity contribution in [1.82, 2.24) is 24.9 Å². The molecule has 3 heterocycles. The van der Waals surface area contributed by atoms with Crippen LogP contribution in [0.1, 0.15) is 64.5 Å². The number of piperidine rings is 1. The van der Waals surface area contributed by atoms with Crippen LogP contribution < -0.4 is 5.56 Å². The summed E-state index contributed by atoms with van der Waals surface area (Å²) in [7, 11) is 0. The first-order valence-corrected chi connectivity index (χ1v) is 15.0. The van der Waals surface area contributed by atoms with Crippen LogP contribution >= 0.6 is 0 Å². The van der Waals surface area contributed by atoms with Crippen molar-refractivity contribution < 1.29 is 23.5 Å². The number of nitrogens with zero attached hydrogens (tertiary/aromatic N) is 4. The third-order valence-electron chi connectivity index (χ3n) is 8.89. The number of aromatic amines is 1. The summed E-state index contributed by atoms with van der Waals surface area (Å²) in [5.74, 6) is -1.25. The van der Waals surface area contributed by atoms with Crippen LogP contribution in [0.25, 0.3) is 0 Å². The van der Waals surface area contributed by atoms with Crippen LogP contribution in [-0.4, -0.2) is 81.1 Å². The summed E-state index contributed by atoms with van der Waals surface area (Å²) in [6.07, 6.45) is 1.93. The number of aromatic nitrogens is 2. The van der Waals surface area contributed by atoms with Gasteiger partial charge in [-0.15, -0.1) is 0 Å². The Labute approximate surface area is 255 Å². The molecule has 2 aromatic carbocycles. The lowest BCUT2D eigenvalue weighted by atomic mass is 9.87. The van der Waals surface area contributed by atoms with Gasteiger partial charge in [-0.25, -0.2) is 14.3 Å². The van der Waals surface area contributed by atoms with Crippen molar-refractivity contribution in [2.75, 3.05) is 32.7 Å². The highest BCUT2D eigenvalue weighted by molar-refractivity contribution is 5.95. The maximum Gasteiger partial charge on any atom is 0.410 e. The van der Waals surface area contributed by atoms with Gasteiger partial charge in [0, 0.05) is 44.7 Å². The van der Waals surface area contributed by atoms with E-state index in [9.17, 15) is 23.6 Å². The van der Waals surface area contributed by atoms with E-state index in [4.69, 9.17) is 4.74 Å². The average Bonchev–Trinajstić information content (AvgIpc) is 3.04. The van der Waals surface area contributed by atoms with Gasteiger partial charge in [0.05, 0.1) is 11.3 Å². The van der Waals surface area contributed by atoms with E-state index in [1.807, 2.05) is 37.3 Å². The third kappa shape index (κ3) is 6.36. The van der Waals surface area contributed by atoms with E-state index in [1.165, 1.54) is 12.1 Å². The summed E-state index contributed by atoms with van der Waals surface area (Å²) in [4.78, 5) is 57.0. The highest BCUT2D eigenvalue weighted by Gasteiger charge is 2.47. The van der Waals surface area contributed by atoms with E-state index in [2.05, 4.69) is 10.2 Å². The SMILES string of the molecule is Cc1c(Cc2ccc(F)c(C(=O)N3CCN(C(=O)C4(C)CCCCN4C(=O)OCc4ccccc4)CC3)c2)n[nH]c(=O)c1C. The summed E-state index contributed by atoms with van der Waals surface area (Å²) >= 11 is 0. The number of ether oxygens (including phenoxy) is 1. The molecule has 1 N–H and O–H groups in total. The van der Waals surface area contributed by atoms with Crippen LogP contribution in [0.2, 0.25) is 0 Å². The summed E-state index contributed by atoms with van der Waals surface area (Å²) < 4.78 is 20.5. The molecule has 2 aliphatic rings. The zero-order valence-corrected chi connectivity index (χ0v) is 25.4. The van der Waals surface area contributed by atoms with E-state index in [1.54, 1.807) is 34.6 Å². The molecule has 0 saturated carbocycles. The van der Waals surface area contributed by atoms with Crippen molar-refractivity contribution >= 4 is 17.9 Å². The highest BCUT2D eigenvalue weighted by Crippen LogP contribution is 2.31. The fraction of sp³-hybridized carbons (Fsp3) is 0.424. The molecule has 3 amide bonds. The van der Waals surface area contributed by atoms with E-state index in [-0.39, 0.29) is 49.8 Å². The Bertz CT molecular complexity index is 1600. The standard InChI is InChI=1S/C33H38FN5O5/c1-22-23(2)29(40)36-35-28(22)20-25-11-12-27(34)26(19-25)30(41)37-15-17-38(18-16-37)31(42)33(3)13-7-8-14-39(33)32(43)44-21-24-9-5-4-6-10-24/h4-6,9-12,19H,7-8,13-18,20-21H2,1-3H3,(H,36,40). The first kappa shape index (κ1) is 30.9. The van der Waals surface area contributed by atoms with E-state index in [0.29, 0.717) is 36.2 Å². The van der Waals surface area contributed by atoms with E-state index < -0.39 is 23.4 Å². The number of carbonyl (C=O) groups is 3. The fourth-order valence-corrected chi connectivity index (χ4v) is 5.94. The van der Waals surface area contributed by atoms with Crippen LogP contribution in [0.15, 0.2) is 53.3 Å². The minimum absolute atomic E-state index is 0.0485. The number of amides is 3. The molecule has 0 spiro atoms. The Morgan fingerprint density at radius 1 is 0.932 bits per heavy atom. The molecule has 2 fully saturated rings. The van der Waals surface area contributed by atoms with E-state index >= 15 is 0 Å². The monoisotopic (exact) mass is 603 g/mol. The number of H-pyrrole nitrogens is 1. The topological polar surface area (TPSA) is 116 Å². The number of hydrogen-bond donors (Lipinski definition) is 1. The number of piperazine rings is 1. The number of likely N-dealkylation sites (tertiary alicyclic amines) is 1. The van der Waals surface area contributed by atoms with Gasteiger partial charge in [0.2, 0.25) is 5.91 Å². The zero-order valence-electron chi connectivity index (χ0n) is 25.4. The van der Waals surface area contributed by atoms with Gasteiger partial charge in [0.15, 0.2) is 0 Å². The molecular formula is C33H38FN5O5. The van der Waals surface area contributed by atoms with Gasteiger partial charge < -0.3 is 14.5 Å². The number of hydrogen-bond acceptors (Lipinski definition) is 6. The van der Waals surface area contributed by atoms with E-state index in [0.717, 1.165) is 24.0 Å². The van der Waals surface area contributed by atoms with Gasteiger partial charge >= 0.3 is 6.09 Å². The van der Waals surface area contributed by atoms with Gasteiger partial charge in [0.1, 0.15) is 18.0 Å². The van der Waals surface area contributed by atoms with Crippen LogP contribution in [0.5, 0.6) is 0 Å².